The second-order valence-electron chi connectivity index (χ2n) is 3.78. The molecule has 0 saturated heterocycles. The number of fused-ring (bicyclic) bond motifs is 1. The molecule has 2 N–H and O–H groups in total. The summed E-state index contributed by atoms with van der Waals surface area (Å²) in [5, 5.41) is 18.0. The Morgan fingerprint density at radius 3 is 2.87 bits per heavy atom. The van der Waals surface area contributed by atoms with Gasteiger partial charge in [-0.25, -0.2) is 4.79 Å². The van der Waals surface area contributed by atoms with E-state index in [1.807, 2.05) is 24.1 Å². The average Bonchev–Trinajstić information content (AvgIpc) is 2.55. The molecule has 0 aromatic rings. The topological polar surface area (TPSA) is 60.8 Å². The average molecular weight is 207 g/mol. The minimum atomic E-state index is -0.907. The van der Waals surface area contributed by atoms with Gasteiger partial charge in [0.05, 0.1) is 18.2 Å². The Hall–Kier alpha value is -1.55. The maximum Gasteiger partial charge on any atom is 0.335 e. The number of hydrogen-bond acceptors (Lipinski definition) is 3. The lowest BCUT2D eigenvalue weighted by Crippen LogP contribution is -2.31. The highest BCUT2D eigenvalue weighted by atomic mass is 16.4. The third-order valence-electron chi connectivity index (χ3n) is 2.94. The van der Waals surface area contributed by atoms with Gasteiger partial charge in [-0.05, 0) is 6.08 Å². The summed E-state index contributed by atoms with van der Waals surface area (Å²) in [6, 6.07) is 0.0308. The third kappa shape index (κ3) is 1.57. The summed E-state index contributed by atoms with van der Waals surface area (Å²) in [6.07, 6.45) is 7.18. The molecule has 4 nitrogen and oxygen atoms in total. The van der Waals surface area contributed by atoms with E-state index in [2.05, 4.69) is 0 Å². The van der Waals surface area contributed by atoms with Crippen LogP contribution in [0.15, 0.2) is 35.6 Å². The Labute approximate surface area is 87.8 Å². The smallest absolute Gasteiger partial charge is 0.335 e. The second-order valence-corrected chi connectivity index (χ2v) is 3.78. The Balaban J connectivity index is 2.26. The van der Waals surface area contributed by atoms with Crippen LogP contribution in [0, 0.1) is 5.92 Å². The van der Waals surface area contributed by atoms with Gasteiger partial charge in [0, 0.05) is 18.7 Å². The van der Waals surface area contributed by atoms with E-state index in [0.29, 0.717) is 5.57 Å². The molecule has 80 valence electrons. The number of aliphatic hydroxyl groups is 1. The Kier molecular flexibility index (Phi) is 2.36. The van der Waals surface area contributed by atoms with Gasteiger partial charge in [-0.2, -0.15) is 0 Å². The maximum absolute atomic E-state index is 10.8. The SMILES string of the molecule is CN1C(CO)=CC2C=CC(C(=O)O)=CC21. The van der Waals surface area contributed by atoms with Crippen LogP contribution in [0.4, 0.5) is 0 Å². The molecule has 0 bridgehead atoms. The van der Waals surface area contributed by atoms with Crippen LogP contribution in [-0.2, 0) is 4.79 Å². The molecule has 1 aliphatic carbocycles. The lowest BCUT2D eigenvalue weighted by Gasteiger charge is -2.26. The summed E-state index contributed by atoms with van der Waals surface area (Å²) in [7, 11) is 1.86. The van der Waals surface area contributed by atoms with Crippen molar-refractivity contribution in [3.8, 4) is 0 Å². The van der Waals surface area contributed by atoms with Crippen molar-refractivity contribution in [2.45, 2.75) is 6.04 Å². The van der Waals surface area contributed by atoms with E-state index >= 15 is 0 Å². The number of carboxylic acid groups (broad SMARTS) is 1. The van der Waals surface area contributed by atoms with Gasteiger partial charge in [-0.15, -0.1) is 0 Å². The molecule has 0 aromatic carbocycles. The lowest BCUT2D eigenvalue weighted by atomic mass is 9.93. The number of carbonyl (C=O) groups is 1. The molecule has 0 amide bonds. The zero-order chi connectivity index (χ0) is 11.0. The van der Waals surface area contributed by atoms with Crippen LogP contribution in [0.25, 0.3) is 0 Å². The van der Waals surface area contributed by atoms with Crippen LogP contribution in [0.3, 0.4) is 0 Å². The number of aliphatic hydroxyl groups excluding tert-OH is 1. The molecule has 0 fully saturated rings. The molecule has 0 aromatic heterocycles. The van der Waals surface area contributed by atoms with E-state index in [0.717, 1.165) is 5.70 Å². The van der Waals surface area contributed by atoms with E-state index in [-0.39, 0.29) is 18.6 Å². The van der Waals surface area contributed by atoms with Crippen molar-refractivity contribution in [3.05, 3.63) is 35.6 Å². The minimum Gasteiger partial charge on any atom is -0.478 e. The van der Waals surface area contributed by atoms with Crippen molar-refractivity contribution in [2.75, 3.05) is 13.7 Å². The molecule has 2 unspecified atom stereocenters. The highest BCUT2D eigenvalue weighted by molar-refractivity contribution is 5.90. The van der Waals surface area contributed by atoms with Gasteiger partial charge in [-0.1, -0.05) is 18.2 Å². The molecule has 15 heavy (non-hydrogen) atoms. The predicted octanol–water partition coefficient (Wildman–Crippen LogP) is 0.374. The van der Waals surface area contributed by atoms with Crippen molar-refractivity contribution in [1.29, 1.82) is 0 Å². The first-order valence-corrected chi connectivity index (χ1v) is 4.81. The number of aliphatic carboxylic acids is 1. The van der Waals surface area contributed by atoms with Gasteiger partial charge < -0.3 is 15.1 Å². The first-order valence-electron chi connectivity index (χ1n) is 4.81. The number of nitrogens with zero attached hydrogens (tertiary/aromatic N) is 1. The monoisotopic (exact) mass is 207 g/mol. The lowest BCUT2D eigenvalue weighted by molar-refractivity contribution is -0.132. The maximum atomic E-state index is 10.8. The molecule has 1 aliphatic heterocycles. The molecule has 2 rings (SSSR count). The minimum absolute atomic E-state index is 0.00636. The molecule has 1 heterocycles. The van der Waals surface area contributed by atoms with Gasteiger partial charge in [-0.3, -0.25) is 0 Å². The van der Waals surface area contributed by atoms with Gasteiger partial charge in [0.1, 0.15) is 0 Å². The summed E-state index contributed by atoms with van der Waals surface area (Å²) < 4.78 is 0. The van der Waals surface area contributed by atoms with Crippen LogP contribution in [0.1, 0.15) is 0 Å². The first kappa shape index (κ1) is 9.98. The summed E-state index contributed by atoms with van der Waals surface area (Å²) >= 11 is 0. The molecular formula is C11H13NO3. The number of rotatable bonds is 2. The van der Waals surface area contributed by atoms with E-state index in [1.54, 1.807) is 12.2 Å². The quantitative estimate of drug-likeness (QED) is 0.687. The van der Waals surface area contributed by atoms with Gasteiger partial charge >= 0.3 is 5.97 Å². The van der Waals surface area contributed by atoms with E-state index in [1.165, 1.54) is 0 Å². The van der Waals surface area contributed by atoms with E-state index in [4.69, 9.17) is 10.2 Å². The van der Waals surface area contributed by atoms with Gasteiger partial charge in [0.25, 0.3) is 0 Å². The van der Waals surface area contributed by atoms with Crippen molar-refractivity contribution in [1.82, 2.24) is 4.90 Å². The van der Waals surface area contributed by atoms with Crippen molar-refractivity contribution in [2.24, 2.45) is 5.92 Å². The van der Waals surface area contributed by atoms with Crippen LogP contribution in [0.2, 0.25) is 0 Å². The molecule has 2 aliphatic rings. The van der Waals surface area contributed by atoms with Gasteiger partial charge in [0.2, 0.25) is 0 Å². The molecule has 0 spiro atoms. The summed E-state index contributed by atoms with van der Waals surface area (Å²) in [5.41, 5.74) is 1.16. The van der Waals surface area contributed by atoms with Crippen LogP contribution < -0.4 is 0 Å². The normalized spacial score (nSPS) is 28.5. The van der Waals surface area contributed by atoms with Crippen LogP contribution in [-0.4, -0.2) is 40.8 Å². The van der Waals surface area contributed by atoms with Crippen molar-refractivity contribution >= 4 is 5.97 Å². The van der Waals surface area contributed by atoms with E-state index in [9.17, 15) is 4.79 Å². The molecular weight excluding hydrogens is 194 g/mol. The van der Waals surface area contributed by atoms with Crippen molar-refractivity contribution < 1.29 is 15.0 Å². The zero-order valence-corrected chi connectivity index (χ0v) is 8.42. The summed E-state index contributed by atoms with van der Waals surface area (Å²) in [5.74, 6) is -0.726. The number of likely N-dealkylation sites (N-methyl/N-ethyl adjacent to an activating group) is 1. The standard InChI is InChI=1S/C11H13NO3/c1-12-9(6-13)4-7-2-3-8(11(14)15)5-10(7)12/h2-5,7,10,13H,6H2,1H3,(H,14,15). The molecule has 0 radical (unpaired) electrons. The fourth-order valence-electron chi connectivity index (χ4n) is 2.04. The van der Waals surface area contributed by atoms with E-state index < -0.39 is 5.97 Å². The summed E-state index contributed by atoms with van der Waals surface area (Å²) in [6.45, 7) is -0.00636. The number of carboxylic acids is 1. The Morgan fingerprint density at radius 2 is 2.27 bits per heavy atom. The third-order valence-corrected chi connectivity index (χ3v) is 2.94. The van der Waals surface area contributed by atoms with Gasteiger partial charge in [0.15, 0.2) is 0 Å². The molecule has 2 atom stereocenters. The van der Waals surface area contributed by atoms with Crippen LogP contribution >= 0.6 is 0 Å². The first-order chi connectivity index (χ1) is 7.13. The zero-order valence-electron chi connectivity index (χ0n) is 8.42. The predicted molar refractivity (Wildman–Crippen MR) is 55.1 cm³/mol. The fraction of sp³-hybridized carbons (Fsp3) is 0.364. The molecule has 0 saturated carbocycles. The van der Waals surface area contributed by atoms with Crippen molar-refractivity contribution in [3.63, 3.8) is 0 Å². The highest BCUT2D eigenvalue weighted by Gasteiger charge is 2.31. The van der Waals surface area contributed by atoms with Crippen LogP contribution in [0.5, 0.6) is 0 Å². The molecule has 4 heteroatoms. The summed E-state index contributed by atoms with van der Waals surface area (Å²) in [4.78, 5) is 12.7. The Bertz CT molecular complexity index is 381. The number of hydrogen-bond donors (Lipinski definition) is 2. The highest BCUT2D eigenvalue weighted by Crippen LogP contribution is 2.31. The fourth-order valence-corrected chi connectivity index (χ4v) is 2.04. The second kappa shape index (κ2) is 3.55. The Morgan fingerprint density at radius 1 is 1.53 bits per heavy atom. The largest absolute Gasteiger partial charge is 0.478 e.